The second kappa shape index (κ2) is 9.13. The molecule has 9 heteroatoms. The molecule has 1 spiro atoms. The Labute approximate surface area is 204 Å². The second-order valence-electron chi connectivity index (χ2n) is 9.50. The molecule has 4 rings (SSSR count). The van der Waals surface area contributed by atoms with E-state index in [1.54, 1.807) is 19.1 Å². The third kappa shape index (κ3) is 3.45. The van der Waals surface area contributed by atoms with Crippen molar-refractivity contribution in [2.75, 3.05) is 18.5 Å². The highest BCUT2D eigenvalue weighted by Gasteiger charge is 2.79. The first kappa shape index (κ1) is 24.9. The summed E-state index contributed by atoms with van der Waals surface area (Å²) in [7, 11) is 0. The predicted octanol–water partition coefficient (Wildman–Crippen LogP) is 3.08. The molecule has 3 heterocycles. The first-order valence-electron chi connectivity index (χ1n) is 12.1. The molecular weight excluding hydrogens is 460 g/mol. The van der Waals surface area contributed by atoms with Crippen LogP contribution in [0.25, 0.3) is 0 Å². The average Bonchev–Trinajstić information content (AvgIpc) is 3.41. The van der Waals surface area contributed by atoms with E-state index in [4.69, 9.17) is 21.1 Å². The van der Waals surface area contributed by atoms with E-state index in [2.05, 4.69) is 5.32 Å². The summed E-state index contributed by atoms with van der Waals surface area (Å²) in [6.07, 6.45) is 1.99. The number of fused-ring (bicyclic) bond motifs is 1. The molecule has 0 saturated carbocycles. The normalized spacial score (nSPS) is 32.6. The van der Waals surface area contributed by atoms with Gasteiger partial charge < -0.3 is 24.8 Å². The van der Waals surface area contributed by atoms with Gasteiger partial charge >= 0.3 is 5.97 Å². The van der Waals surface area contributed by atoms with E-state index in [-0.39, 0.29) is 19.1 Å². The lowest BCUT2D eigenvalue weighted by Gasteiger charge is -2.37. The van der Waals surface area contributed by atoms with Crippen LogP contribution >= 0.6 is 11.6 Å². The van der Waals surface area contributed by atoms with Crippen LogP contribution in [0.2, 0.25) is 5.02 Å². The van der Waals surface area contributed by atoms with Crippen LogP contribution in [0.1, 0.15) is 52.0 Å². The minimum atomic E-state index is -1.17. The number of benzene rings is 1. The van der Waals surface area contributed by atoms with E-state index in [1.807, 2.05) is 26.8 Å². The number of hydrogen-bond donors (Lipinski definition) is 2. The molecular formula is C25H33ClN2O6. The van der Waals surface area contributed by atoms with Gasteiger partial charge in [0.05, 0.1) is 41.5 Å². The number of anilines is 1. The number of aliphatic hydroxyl groups excluding tert-OH is 1. The number of aryl methyl sites for hydroxylation is 1. The van der Waals surface area contributed by atoms with Crippen molar-refractivity contribution in [1.29, 1.82) is 0 Å². The maximum atomic E-state index is 13.9. The van der Waals surface area contributed by atoms with Crippen molar-refractivity contribution in [3.8, 4) is 0 Å². The molecule has 0 aromatic heterocycles. The smallest absolute Gasteiger partial charge is 0.312 e. The zero-order valence-electron chi connectivity index (χ0n) is 20.1. The first-order chi connectivity index (χ1) is 16.2. The van der Waals surface area contributed by atoms with E-state index >= 15 is 0 Å². The highest BCUT2D eigenvalue weighted by atomic mass is 35.5. The third-order valence-electron chi connectivity index (χ3n) is 7.95. The van der Waals surface area contributed by atoms with Crippen molar-refractivity contribution in [1.82, 2.24) is 4.90 Å². The third-order valence-corrected chi connectivity index (χ3v) is 8.27. The Kier molecular flexibility index (Phi) is 6.70. The summed E-state index contributed by atoms with van der Waals surface area (Å²) < 4.78 is 12.0. The van der Waals surface area contributed by atoms with E-state index < -0.39 is 47.0 Å². The van der Waals surface area contributed by atoms with Crippen LogP contribution in [0.5, 0.6) is 0 Å². The van der Waals surface area contributed by atoms with Crippen molar-refractivity contribution in [3.05, 3.63) is 28.8 Å². The van der Waals surface area contributed by atoms with Gasteiger partial charge in [0, 0.05) is 0 Å². The van der Waals surface area contributed by atoms with Gasteiger partial charge in [0.25, 0.3) is 0 Å². The van der Waals surface area contributed by atoms with Crippen LogP contribution in [0.4, 0.5) is 5.69 Å². The van der Waals surface area contributed by atoms with Crippen molar-refractivity contribution < 1.29 is 29.0 Å². The summed E-state index contributed by atoms with van der Waals surface area (Å²) in [5, 5.41) is 13.4. The van der Waals surface area contributed by atoms with Crippen LogP contribution in [-0.2, 0) is 23.9 Å². The molecule has 8 nitrogen and oxygen atoms in total. The number of carbonyl (C=O) groups is 3. The van der Waals surface area contributed by atoms with E-state index in [9.17, 15) is 19.5 Å². The number of nitrogens with zero attached hydrogens (tertiary/aromatic N) is 1. The monoisotopic (exact) mass is 492 g/mol. The van der Waals surface area contributed by atoms with Crippen molar-refractivity contribution in [2.24, 2.45) is 11.8 Å². The zero-order chi connectivity index (χ0) is 24.8. The molecule has 3 aliphatic heterocycles. The number of esters is 1. The fourth-order valence-electron chi connectivity index (χ4n) is 6.34. The maximum absolute atomic E-state index is 13.9. The largest absolute Gasteiger partial charge is 0.466 e. The van der Waals surface area contributed by atoms with E-state index in [0.717, 1.165) is 5.56 Å². The van der Waals surface area contributed by atoms with Crippen molar-refractivity contribution >= 4 is 35.1 Å². The molecule has 1 aromatic carbocycles. The SMILES string of the molecule is CCOC(=O)[C@H]1[C@H]2C(=O)N([C@@H](CC)CO)C(C(=O)Nc3c(C)cccc3Cl)C23CC[C@]1(CC)O3. The Morgan fingerprint density at radius 3 is 2.65 bits per heavy atom. The summed E-state index contributed by atoms with van der Waals surface area (Å²) >= 11 is 6.37. The van der Waals surface area contributed by atoms with Gasteiger partial charge in [0.15, 0.2) is 0 Å². The van der Waals surface area contributed by atoms with Crippen LogP contribution in [-0.4, -0.2) is 64.3 Å². The summed E-state index contributed by atoms with van der Waals surface area (Å²) in [5.74, 6) is -2.88. The number of halogens is 1. The molecule has 34 heavy (non-hydrogen) atoms. The molecule has 3 aliphatic rings. The Hall–Kier alpha value is -2.16. The number of likely N-dealkylation sites (tertiary alicyclic amines) is 1. The number of para-hydroxylation sites is 1. The van der Waals surface area contributed by atoms with Gasteiger partial charge in [-0.15, -0.1) is 0 Å². The number of hydrogen-bond acceptors (Lipinski definition) is 6. The lowest BCUT2D eigenvalue weighted by Crippen LogP contribution is -2.56. The highest BCUT2D eigenvalue weighted by molar-refractivity contribution is 6.34. The summed E-state index contributed by atoms with van der Waals surface area (Å²) in [4.78, 5) is 42.4. The Morgan fingerprint density at radius 2 is 2.06 bits per heavy atom. The quantitative estimate of drug-likeness (QED) is 0.540. The zero-order valence-corrected chi connectivity index (χ0v) is 20.9. The Morgan fingerprint density at radius 1 is 1.32 bits per heavy atom. The molecule has 2 unspecified atom stereocenters. The van der Waals surface area contributed by atoms with Crippen molar-refractivity contribution in [3.63, 3.8) is 0 Å². The maximum Gasteiger partial charge on any atom is 0.312 e. The predicted molar refractivity (Wildman–Crippen MR) is 126 cm³/mol. The molecule has 2 bridgehead atoms. The van der Waals surface area contributed by atoms with Gasteiger partial charge in [-0.2, -0.15) is 0 Å². The van der Waals surface area contributed by atoms with Crippen molar-refractivity contribution in [2.45, 2.75) is 76.7 Å². The molecule has 186 valence electrons. The number of aliphatic hydroxyl groups is 1. The van der Waals surface area contributed by atoms with Gasteiger partial charge in [-0.1, -0.05) is 37.6 Å². The van der Waals surface area contributed by atoms with Gasteiger partial charge in [-0.25, -0.2) is 0 Å². The fourth-order valence-corrected chi connectivity index (χ4v) is 6.60. The molecule has 3 fully saturated rings. The number of nitrogens with one attached hydrogen (secondary N) is 1. The topological polar surface area (TPSA) is 105 Å². The van der Waals surface area contributed by atoms with E-state index in [1.165, 1.54) is 4.90 Å². The summed E-state index contributed by atoms with van der Waals surface area (Å²) in [6.45, 7) is 7.23. The molecule has 2 amide bonds. The second-order valence-corrected chi connectivity index (χ2v) is 9.90. The van der Waals surface area contributed by atoms with Gasteiger partial charge in [0.2, 0.25) is 11.8 Å². The molecule has 2 N–H and O–H groups in total. The minimum Gasteiger partial charge on any atom is -0.466 e. The Bertz CT molecular complexity index is 977. The van der Waals surface area contributed by atoms with Gasteiger partial charge in [-0.3, -0.25) is 14.4 Å². The van der Waals surface area contributed by atoms with Crippen LogP contribution in [0.3, 0.4) is 0 Å². The van der Waals surface area contributed by atoms with Gasteiger partial charge in [0.1, 0.15) is 17.6 Å². The van der Waals surface area contributed by atoms with E-state index in [0.29, 0.717) is 36.4 Å². The lowest BCUT2D eigenvalue weighted by atomic mass is 9.65. The highest BCUT2D eigenvalue weighted by Crippen LogP contribution is 2.64. The molecule has 3 saturated heterocycles. The summed E-state index contributed by atoms with van der Waals surface area (Å²) in [5.41, 5.74) is -0.769. The Balaban J connectivity index is 1.81. The van der Waals surface area contributed by atoms with Crippen LogP contribution in [0.15, 0.2) is 18.2 Å². The average molecular weight is 493 g/mol. The van der Waals surface area contributed by atoms with Crippen LogP contribution < -0.4 is 5.32 Å². The first-order valence-corrected chi connectivity index (χ1v) is 12.4. The molecule has 6 atom stereocenters. The minimum absolute atomic E-state index is 0.191. The standard InChI is InChI=1S/C25H33ClN2O6/c1-5-15(13-29)28-20(21(30)27-19-14(4)9-8-10-16(19)26)25-12-11-24(6-2,34-25)18(17(25)22(28)31)23(32)33-7-3/h8-10,15,17-18,20,29H,5-7,11-13H2,1-4H3,(H,27,30)/t15-,17-,18+,20?,24-,25?/m0/s1. The molecule has 1 aromatic rings. The van der Waals surface area contributed by atoms with Crippen LogP contribution in [0, 0.1) is 18.8 Å². The number of carbonyl (C=O) groups excluding carboxylic acids is 3. The molecule has 0 radical (unpaired) electrons. The number of rotatable bonds is 8. The fraction of sp³-hybridized carbons (Fsp3) is 0.640. The van der Waals surface area contributed by atoms with Gasteiger partial charge in [-0.05, 0) is 51.2 Å². The summed E-state index contributed by atoms with van der Waals surface area (Å²) in [6, 6.07) is 3.72. The number of ether oxygens (including phenoxy) is 2. The lowest BCUT2D eigenvalue weighted by molar-refractivity contribution is -0.161. The number of amides is 2. The molecule has 0 aliphatic carbocycles.